The highest BCUT2D eigenvalue weighted by atomic mass is 79.9. The van der Waals surface area contributed by atoms with Crippen LogP contribution in [0.2, 0.25) is 5.15 Å². The molecule has 3 aromatic rings. The molecule has 0 saturated heterocycles. The number of aromatic nitrogens is 4. The molecule has 0 unspecified atom stereocenters. The minimum Gasteiger partial charge on any atom is -0.475 e. The Bertz CT molecular complexity index is 1040. The van der Waals surface area contributed by atoms with Crippen LogP contribution in [0.4, 0.5) is 32.3 Å². The third-order valence-corrected chi connectivity index (χ3v) is 4.04. The van der Waals surface area contributed by atoms with E-state index in [2.05, 4.69) is 35.9 Å². The molecular weight excluding hydrogens is 532 g/mol. The number of anilines is 1. The summed E-state index contributed by atoms with van der Waals surface area (Å²) >= 11 is 9.29. The summed E-state index contributed by atoms with van der Waals surface area (Å²) in [5.41, 5.74) is 8.69. The molecule has 31 heavy (non-hydrogen) atoms. The number of aromatic amines is 2. The first-order valence-electron chi connectivity index (χ1n) is 7.28. The molecule has 9 nitrogen and oxygen atoms in total. The second-order valence-electron chi connectivity index (χ2n) is 5.13. The molecule has 0 radical (unpaired) electrons. The maximum atomic E-state index is 10.6. The fourth-order valence-electron chi connectivity index (χ4n) is 1.68. The lowest BCUT2D eigenvalue weighted by Crippen LogP contribution is -2.21. The summed E-state index contributed by atoms with van der Waals surface area (Å²) in [5, 5.41) is 14.8. The van der Waals surface area contributed by atoms with Gasteiger partial charge in [-0.2, -0.15) is 26.3 Å². The number of carbonyl (C=O) groups is 2. The Balaban J connectivity index is 0.000000288. The van der Waals surface area contributed by atoms with Gasteiger partial charge < -0.3 is 25.9 Å². The Labute approximate surface area is 180 Å². The topological polar surface area (TPSA) is 158 Å². The zero-order valence-electron chi connectivity index (χ0n) is 14.4. The standard InChI is InChI=1S/C10H7BrClN5.2C2HF3O2/c11-4-3-6(15-9(4)12)7-8-5(1-2-14-7)16-10(13)17-8;2*3-2(4,5)1(6)7/h1-3,15H,(H3,13,16,17);2*(H,6,7). The largest absolute Gasteiger partial charge is 0.490 e. The van der Waals surface area contributed by atoms with Gasteiger partial charge in [-0.3, -0.25) is 4.98 Å². The number of pyridine rings is 1. The molecule has 3 aromatic heterocycles. The maximum absolute atomic E-state index is 10.6. The number of carboxylic acids is 2. The third-order valence-electron chi connectivity index (χ3n) is 2.88. The average molecular weight is 541 g/mol. The molecule has 0 aliphatic carbocycles. The zero-order valence-corrected chi connectivity index (χ0v) is 16.8. The van der Waals surface area contributed by atoms with Gasteiger partial charge in [0.05, 0.1) is 15.7 Å². The summed E-state index contributed by atoms with van der Waals surface area (Å²) in [6.45, 7) is 0. The molecule has 0 aliphatic rings. The van der Waals surface area contributed by atoms with Crippen molar-refractivity contribution >= 4 is 56.5 Å². The quantitative estimate of drug-likeness (QED) is 0.289. The Morgan fingerprint density at radius 2 is 1.55 bits per heavy atom. The van der Waals surface area contributed by atoms with Gasteiger partial charge in [0.15, 0.2) is 5.95 Å². The third kappa shape index (κ3) is 7.63. The van der Waals surface area contributed by atoms with Gasteiger partial charge in [-0.1, -0.05) is 11.6 Å². The average Bonchev–Trinajstić information content (AvgIpc) is 3.15. The maximum Gasteiger partial charge on any atom is 0.490 e. The first-order valence-corrected chi connectivity index (χ1v) is 8.46. The van der Waals surface area contributed by atoms with Crippen molar-refractivity contribution in [2.45, 2.75) is 12.4 Å². The lowest BCUT2D eigenvalue weighted by atomic mass is 10.2. The van der Waals surface area contributed by atoms with Gasteiger partial charge in [0.25, 0.3) is 0 Å². The highest BCUT2D eigenvalue weighted by Gasteiger charge is 2.38. The summed E-state index contributed by atoms with van der Waals surface area (Å²) in [5.74, 6) is -5.15. The van der Waals surface area contributed by atoms with E-state index in [-0.39, 0.29) is 0 Å². The number of H-pyrrole nitrogens is 2. The number of hydrogen-bond donors (Lipinski definition) is 5. The number of carboxylic acid groups (broad SMARTS) is 2. The summed E-state index contributed by atoms with van der Waals surface area (Å²) in [4.78, 5) is 32.3. The highest BCUT2D eigenvalue weighted by molar-refractivity contribution is 9.10. The van der Waals surface area contributed by atoms with E-state index in [9.17, 15) is 26.3 Å². The SMILES string of the molecule is Nc1nc2c(-c3cc(Br)c(Cl)[nH]3)nccc2[nH]1.O=C(O)C(F)(F)F.O=C(O)C(F)(F)F. The van der Waals surface area contributed by atoms with Gasteiger partial charge in [0.1, 0.15) is 16.4 Å². The Morgan fingerprint density at radius 3 is 1.94 bits per heavy atom. The van der Waals surface area contributed by atoms with E-state index < -0.39 is 24.3 Å². The summed E-state index contributed by atoms with van der Waals surface area (Å²) in [7, 11) is 0. The molecule has 0 fully saturated rings. The van der Waals surface area contributed by atoms with Gasteiger partial charge in [-0.25, -0.2) is 14.6 Å². The van der Waals surface area contributed by atoms with E-state index in [0.29, 0.717) is 16.8 Å². The Morgan fingerprint density at radius 1 is 1.06 bits per heavy atom. The molecule has 0 bridgehead atoms. The van der Waals surface area contributed by atoms with Gasteiger partial charge in [0, 0.05) is 6.20 Å². The molecule has 0 amide bonds. The van der Waals surface area contributed by atoms with Crippen molar-refractivity contribution in [2.24, 2.45) is 0 Å². The molecule has 3 rings (SSSR count). The molecule has 3 heterocycles. The van der Waals surface area contributed by atoms with E-state index in [1.807, 2.05) is 12.1 Å². The second kappa shape index (κ2) is 9.86. The van der Waals surface area contributed by atoms with Gasteiger partial charge in [-0.15, -0.1) is 0 Å². The number of fused-ring (bicyclic) bond motifs is 1. The molecule has 0 spiro atoms. The molecule has 6 N–H and O–H groups in total. The lowest BCUT2D eigenvalue weighted by molar-refractivity contribution is -0.193. The fourth-order valence-corrected chi connectivity index (χ4v) is 2.17. The number of nitrogens with zero attached hydrogens (tertiary/aromatic N) is 2. The number of nitrogen functional groups attached to an aromatic ring is 1. The second-order valence-corrected chi connectivity index (χ2v) is 6.36. The van der Waals surface area contributed by atoms with E-state index in [1.165, 1.54) is 0 Å². The van der Waals surface area contributed by atoms with E-state index in [1.54, 1.807) is 6.20 Å². The molecule has 17 heteroatoms. The predicted molar refractivity (Wildman–Crippen MR) is 98.2 cm³/mol. The molecule has 0 saturated carbocycles. The first-order chi connectivity index (χ1) is 14.0. The molecule has 0 aromatic carbocycles. The zero-order chi connectivity index (χ0) is 24.1. The van der Waals surface area contributed by atoms with Crippen molar-refractivity contribution in [3.63, 3.8) is 0 Å². The van der Waals surface area contributed by atoms with E-state index in [0.717, 1.165) is 21.2 Å². The van der Waals surface area contributed by atoms with Crippen molar-refractivity contribution in [2.75, 3.05) is 5.73 Å². The molecule has 170 valence electrons. The normalized spacial score (nSPS) is 11.2. The number of halogens is 8. The number of hydrogen-bond acceptors (Lipinski definition) is 5. The number of rotatable bonds is 1. The summed E-state index contributed by atoms with van der Waals surface area (Å²) < 4.78 is 64.3. The number of nitrogens with one attached hydrogen (secondary N) is 2. The van der Waals surface area contributed by atoms with Crippen molar-refractivity contribution < 1.29 is 46.1 Å². The monoisotopic (exact) mass is 539 g/mol. The van der Waals surface area contributed by atoms with Gasteiger partial charge >= 0.3 is 24.3 Å². The van der Waals surface area contributed by atoms with Gasteiger partial charge in [0.2, 0.25) is 0 Å². The Kier molecular flexibility index (Phi) is 8.28. The fraction of sp³-hybridized carbons (Fsp3) is 0.143. The number of nitrogens with two attached hydrogens (primary N) is 1. The van der Waals surface area contributed by atoms with Crippen molar-refractivity contribution in [1.29, 1.82) is 0 Å². The summed E-state index contributed by atoms with van der Waals surface area (Å²) in [6.07, 6.45) is -8.47. The lowest BCUT2D eigenvalue weighted by Gasteiger charge is -1.97. The first kappa shape index (κ1) is 26.0. The minimum atomic E-state index is -5.08. The summed E-state index contributed by atoms with van der Waals surface area (Å²) in [6, 6.07) is 3.68. The number of alkyl halides is 6. The van der Waals surface area contributed by atoms with Crippen LogP contribution in [0.3, 0.4) is 0 Å². The van der Waals surface area contributed by atoms with Crippen molar-refractivity contribution in [3.8, 4) is 11.4 Å². The van der Waals surface area contributed by atoms with Crippen LogP contribution in [-0.2, 0) is 9.59 Å². The van der Waals surface area contributed by atoms with Crippen molar-refractivity contribution in [3.05, 3.63) is 28.0 Å². The van der Waals surface area contributed by atoms with Crippen LogP contribution in [0.15, 0.2) is 22.8 Å². The van der Waals surface area contributed by atoms with Crippen LogP contribution >= 0.6 is 27.5 Å². The number of imidazole rings is 1. The van der Waals surface area contributed by atoms with Crippen LogP contribution < -0.4 is 5.73 Å². The Hall–Kier alpha value is -3.01. The minimum absolute atomic E-state index is 0.367. The van der Waals surface area contributed by atoms with E-state index in [4.69, 9.17) is 37.1 Å². The van der Waals surface area contributed by atoms with Gasteiger partial charge in [-0.05, 0) is 28.1 Å². The van der Waals surface area contributed by atoms with Crippen LogP contribution in [-0.4, -0.2) is 54.4 Å². The van der Waals surface area contributed by atoms with Crippen LogP contribution in [0, 0.1) is 0 Å². The highest BCUT2D eigenvalue weighted by Crippen LogP contribution is 2.31. The molecule has 0 aliphatic heterocycles. The van der Waals surface area contributed by atoms with Crippen LogP contribution in [0.5, 0.6) is 0 Å². The number of aliphatic carboxylic acids is 2. The molecular formula is C14H9BrClF6N5O4. The predicted octanol–water partition coefficient (Wildman–Crippen LogP) is 4.22. The van der Waals surface area contributed by atoms with Crippen LogP contribution in [0.1, 0.15) is 0 Å². The van der Waals surface area contributed by atoms with Crippen molar-refractivity contribution in [1.82, 2.24) is 19.9 Å². The molecule has 0 atom stereocenters. The smallest absolute Gasteiger partial charge is 0.475 e. The van der Waals surface area contributed by atoms with E-state index >= 15 is 0 Å². The van der Waals surface area contributed by atoms with Crippen LogP contribution in [0.25, 0.3) is 22.4 Å².